The van der Waals surface area contributed by atoms with Crippen LogP contribution in [0.3, 0.4) is 0 Å². The molecule has 0 saturated carbocycles. The van der Waals surface area contributed by atoms with Gasteiger partial charge in [-0.15, -0.1) is 0 Å². The van der Waals surface area contributed by atoms with Gasteiger partial charge < -0.3 is 15.1 Å². The van der Waals surface area contributed by atoms with Crippen LogP contribution in [-0.2, 0) is 0 Å². The number of halogens is 1. The standard InChI is InChI=1S/C19H18ClN7O2/c20-14-4-6-15(7-5-14)23-19-22-13-16(27(28)29)18(24-19)26-11-9-25(10-12-26)17-3-1-2-8-21-17/h1-8,13H,9-12H2,(H,22,23,24). The number of piperazine rings is 1. The SMILES string of the molecule is O=[N+]([O-])c1cnc(Nc2ccc(Cl)cc2)nc1N1CCN(c2ccccn2)CC1. The number of benzene rings is 1. The van der Waals surface area contributed by atoms with Crippen molar-refractivity contribution in [3.63, 3.8) is 0 Å². The van der Waals surface area contributed by atoms with Crippen molar-refractivity contribution in [2.24, 2.45) is 0 Å². The number of nitrogens with zero attached hydrogens (tertiary/aromatic N) is 6. The van der Waals surface area contributed by atoms with Crippen LogP contribution in [0.4, 0.5) is 29.0 Å². The van der Waals surface area contributed by atoms with Crippen LogP contribution in [0.1, 0.15) is 0 Å². The van der Waals surface area contributed by atoms with Crippen LogP contribution in [0.5, 0.6) is 0 Å². The fourth-order valence-corrected chi connectivity index (χ4v) is 3.26. The lowest BCUT2D eigenvalue weighted by Crippen LogP contribution is -2.47. The van der Waals surface area contributed by atoms with Gasteiger partial charge in [0.2, 0.25) is 11.8 Å². The van der Waals surface area contributed by atoms with Crippen molar-refractivity contribution in [3.8, 4) is 0 Å². The number of hydrogen-bond acceptors (Lipinski definition) is 8. The number of anilines is 4. The number of aromatic nitrogens is 3. The van der Waals surface area contributed by atoms with E-state index in [1.807, 2.05) is 23.1 Å². The molecule has 1 fully saturated rings. The van der Waals surface area contributed by atoms with Gasteiger partial charge in [-0.3, -0.25) is 10.1 Å². The molecule has 1 saturated heterocycles. The van der Waals surface area contributed by atoms with Crippen LogP contribution in [0.25, 0.3) is 0 Å². The Morgan fingerprint density at radius 3 is 2.38 bits per heavy atom. The Bertz CT molecular complexity index is 993. The second-order valence-corrected chi connectivity index (χ2v) is 6.89. The summed E-state index contributed by atoms with van der Waals surface area (Å²) >= 11 is 5.90. The van der Waals surface area contributed by atoms with E-state index in [0.29, 0.717) is 43.0 Å². The van der Waals surface area contributed by atoms with Gasteiger partial charge in [0.25, 0.3) is 0 Å². The molecule has 29 heavy (non-hydrogen) atoms. The average molecular weight is 412 g/mol. The molecule has 0 aliphatic carbocycles. The summed E-state index contributed by atoms with van der Waals surface area (Å²) in [4.78, 5) is 28.0. The quantitative estimate of drug-likeness (QED) is 0.503. The maximum Gasteiger partial charge on any atom is 0.329 e. The molecule has 0 amide bonds. The highest BCUT2D eigenvalue weighted by molar-refractivity contribution is 6.30. The summed E-state index contributed by atoms with van der Waals surface area (Å²) in [6.07, 6.45) is 3.00. The van der Waals surface area contributed by atoms with E-state index in [9.17, 15) is 10.1 Å². The van der Waals surface area contributed by atoms with Crippen LogP contribution in [0, 0.1) is 10.1 Å². The second-order valence-electron chi connectivity index (χ2n) is 6.45. The summed E-state index contributed by atoms with van der Waals surface area (Å²) in [5, 5.41) is 15.2. The average Bonchev–Trinajstić information content (AvgIpc) is 2.76. The van der Waals surface area contributed by atoms with Crippen LogP contribution >= 0.6 is 11.6 Å². The lowest BCUT2D eigenvalue weighted by molar-refractivity contribution is -0.384. The first kappa shape index (κ1) is 18.9. The Labute approximate surface area is 172 Å². The van der Waals surface area contributed by atoms with Crippen molar-refractivity contribution in [1.29, 1.82) is 0 Å². The second kappa shape index (κ2) is 8.27. The van der Waals surface area contributed by atoms with E-state index in [-0.39, 0.29) is 5.69 Å². The summed E-state index contributed by atoms with van der Waals surface area (Å²) in [5.41, 5.74) is 0.632. The van der Waals surface area contributed by atoms with E-state index in [1.165, 1.54) is 6.20 Å². The molecule has 3 aromatic rings. The number of hydrogen-bond donors (Lipinski definition) is 1. The predicted octanol–water partition coefficient (Wildman–Crippen LogP) is 3.50. The van der Waals surface area contributed by atoms with Gasteiger partial charge in [0.1, 0.15) is 12.0 Å². The summed E-state index contributed by atoms with van der Waals surface area (Å²) < 4.78 is 0. The molecule has 0 atom stereocenters. The molecule has 0 bridgehead atoms. The normalized spacial score (nSPS) is 14.0. The first-order valence-corrected chi connectivity index (χ1v) is 9.43. The molecule has 0 spiro atoms. The fourth-order valence-electron chi connectivity index (χ4n) is 3.14. The lowest BCUT2D eigenvalue weighted by Gasteiger charge is -2.35. The van der Waals surface area contributed by atoms with Crippen molar-refractivity contribution in [2.75, 3.05) is 41.3 Å². The minimum atomic E-state index is -0.452. The molecule has 0 unspecified atom stereocenters. The number of rotatable bonds is 5. The van der Waals surface area contributed by atoms with Gasteiger partial charge >= 0.3 is 5.69 Å². The number of nitrogens with one attached hydrogen (secondary N) is 1. The molecule has 10 heteroatoms. The summed E-state index contributed by atoms with van der Waals surface area (Å²) in [5.74, 6) is 1.50. The molecule has 1 aliphatic rings. The maximum atomic E-state index is 11.5. The lowest BCUT2D eigenvalue weighted by atomic mass is 10.3. The zero-order chi connectivity index (χ0) is 20.2. The molecule has 0 radical (unpaired) electrons. The monoisotopic (exact) mass is 411 g/mol. The van der Waals surface area contributed by atoms with Crippen LogP contribution < -0.4 is 15.1 Å². The molecule has 2 aromatic heterocycles. The zero-order valence-corrected chi connectivity index (χ0v) is 16.2. The van der Waals surface area contributed by atoms with Crippen molar-refractivity contribution in [2.45, 2.75) is 0 Å². The van der Waals surface area contributed by atoms with Crippen molar-refractivity contribution in [3.05, 3.63) is 70.0 Å². The third-order valence-corrected chi connectivity index (χ3v) is 4.85. The molecule has 9 nitrogen and oxygen atoms in total. The Morgan fingerprint density at radius 1 is 1.00 bits per heavy atom. The smallest absolute Gasteiger partial charge is 0.329 e. The number of nitro groups is 1. The van der Waals surface area contributed by atoms with Crippen molar-refractivity contribution in [1.82, 2.24) is 15.0 Å². The van der Waals surface area contributed by atoms with E-state index < -0.39 is 4.92 Å². The van der Waals surface area contributed by atoms with Crippen LogP contribution in [0.15, 0.2) is 54.9 Å². The molecular formula is C19H18ClN7O2. The van der Waals surface area contributed by atoms with E-state index >= 15 is 0 Å². The summed E-state index contributed by atoms with van der Waals surface area (Å²) in [6, 6.07) is 12.8. The van der Waals surface area contributed by atoms with E-state index in [1.54, 1.807) is 30.5 Å². The Balaban J connectivity index is 1.54. The van der Waals surface area contributed by atoms with Crippen LogP contribution in [-0.4, -0.2) is 46.1 Å². The maximum absolute atomic E-state index is 11.5. The van der Waals surface area contributed by atoms with Gasteiger partial charge in [0.15, 0.2) is 0 Å². The van der Waals surface area contributed by atoms with Gasteiger partial charge in [-0.1, -0.05) is 17.7 Å². The fraction of sp³-hybridized carbons (Fsp3) is 0.211. The largest absolute Gasteiger partial charge is 0.353 e. The zero-order valence-electron chi connectivity index (χ0n) is 15.4. The molecule has 1 aromatic carbocycles. The van der Waals surface area contributed by atoms with Gasteiger partial charge in [0, 0.05) is 43.1 Å². The molecule has 4 rings (SSSR count). The van der Waals surface area contributed by atoms with Gasteiger partial charge in [-0.25, -0.2) is 9.97 Å². The third kappa shape index (κ3) is 4.35. The highest BCUT2D eigenvalue weighted by Crippen LogP contribution is 2.28. The van der Waals surface area contributed by atoms with Crippen molar-refractivity contribution >= 4 is 40.6 Å². The van der Waals surface area contributed by atoms with E-state index in [2.05, 4.69) is 25.2 Å². The molecule has 1 aliphatic heterocycles. The van der Waals surface area contributed by atoms with E-state index in [0.717, 1.165) is 11.5 Å². The van der Waals surface area contributed by atoms with Crippen molar-refractivity contribution < 1.29 is 4.92 Å². The highest BCUT2D eigenvalue weighted by atomic mass is 35.5. The topological polar surface area (TPSA) is 100 Å². The summed E-state index contributed by atoms with van der Waals surface area (Å²) in [7, 11) is 0. The first-order chi connectivity index (χ1) is 14.1. The first-order valence-electron chi connectivity index (χ1n) is 9.05. The Morgan fingerprint density at radius 2 is 1.72 bits per heavy atom. The summed E-state index contributed by atoms with van der Waals surface area (Å²) in [6.45, 7) is 2.57. The minimum absolute atomic E-state index is 0.113. The highest BCUT2D eigenvalue weighted by Gasteiger charge is 2.26. The third-order valence-electron chi connectivity index (χ3n) is 4.60. The molecule has 3 heterocycles. The Kier molecular flexibility index (Phi) is 5.39. The molecule has 1 N–H and O–H groups in total. The number of pyridine rings is 1. The Hall–Kier alpha value is -3.46. The molecular weight excluding hydrogens is 394 g/mol. The van der Waals surface area contributed by atoms with Crippen LogP contribution in [0.2, 0.25) is 5.02 Å². The van der Waals surface area contributed by atoms with E-state index in [4.69, 9.17) is 11.6 Å². The van der Waals surface area contributed by atoms with Gasteiger partial charge in [-0.2, -0.15) is 4.98 Å². The predicted molar refractivity (Wildman–Crippen MR) is 112 cm³/mol. The van der Waals surface area contributed by atoms with Gasteiger partial charge in [0.05, 0.1) is 4.92 Å². The minimum Gasteiger partial charge on any atom is -0.353 e. The molecule has 148 valence electrons. The van der Waals surface area contributed by atoms with Gasteiger partial charge in [-0.05, 0) is 36.4 Å².